The first-order valence-corrected chi connectivity index (χ1v) is 8.56. The van der Waals surface area contributed by atoms with E-state index in [-0.39, 0.29) is 29.8 Å². The van der Waals surface area contributed by atoms with E-state index in [1.165, 1.54) is 38.4 Å². The number of rotatable bonds is 5. The first-order valence-electron chi connectivity index (χ1n) is 8.56. The van der Waals surface area contributed by atoms with Gasteiger partial charge in [-0.15, -0.1) is 24.0 Å². The SMILES string of the molecule is CN=C(NCC1CCN(C2CC2)C1)N(C)Cc1cccc(F)c1.I. The summed E-state index contributed by atoms with van der Waals surface area (Å²) in [5.41, 5.74) is 0.955. The second-order valence-corrected chi connectivity index (χ2v) is 6.79. The second-order valence-electron chi connectivity index (χ2n) is 6.79. The molecule has 4 nitrogen and oxygen atoms in total. The van der Waals surface area contributed by atoms with Crippen LogP contribution in [0.1, 0.15) is 24.8 Å². The quantitative estimate of drug-likeness (QED) is 0.429. The Balaban J connectivity index is 0.00000208. The van der Waals surface area contributed by atoms with Gasteiger partial charge in [-0.05, 0) is 49.4 Å². The number of nitrogens with zero attached hydrogens (tertiary/aromatic N) is 3. The highest BCUT2D eigenvalue weighted by atomic mass is 127. The van der Waals surface area contributed by atoms with Crippen LogP contribution >= 0.6 is 24.0 Å². The number of aliphatic imine (C=N–C) groups is 1. The summed E-state index contributed by atoms with van der Waals surface area (Å²) in [7, 11) is 3.79. The fourth-order valence-corrected chi connectivity index (χ4v) is 3.40. The molecule has 0 aromatic heterocycles. The fraction of sp³-hybridized carbons (Fsp3) is 0.611. The highest BCUT2D eigenvalue weighted by molar-refractivity contribution is 14.0. The lowest BCUT2D eigenvalue weighted by Crippen LogP contribution is -2.41. The molecule has 0 radical (unpaired) electrons. The van der Waals surface area contributed by atoms with Gasteiger partial charge in [-0.3, -0.25) is 4.99 Å². The van der Waals surface area contributed by atoms with Gasteiger partial charge in [0.1, 0.15) is 5.82 Å². The van der Waals surface area contributed by atoms with E-state index < -0.39 is 0 Å². The van der Waals surface area contributed by atoms with E-state index in [2.05, 4.69) is 15.2 Å². The maximum Gasteiger partial charge on any atom is 0.193 e. The molecule has 1 N–H and O–H groups in total. The number of halogens is 2. The van der Waals surface area contributed by atoms with Crippen molar-refractivity contribution < 1.29 is 4.39 Å². The van der Waals surface area contributed by atoms with Crippen LogP contribution in [0.15, 0.2) is 29.3 Å². The molecule has 0 bridgehead atoms. The molecule has 1 aromatic carbocycles. The topological polar surface area (TPSA) is 30.9 Å². The summed E-state index contributed by atoms with van der Waals surface area (Å²) in [5, 5.41) is 3.48. The van der Waals surface area contributed by atoms with Crippen LogP contribution in [0.2, 0.25) is 0 Å². The van der Waals surface area contributed by atoms with Crippen molar-refractivity contribution in [2.45, 2.75) is 31.8 Å². The zero-order valence-corrected chi connectivity index (χ0v) is 16.9. The van der Waals surface area contributed by atoms with Gasteiger partial charge in [0, 0.05) is 39.8 Å². The van der Waals surface area contributed by atoms with Crippen LogP contribution in [0.25, 0.3) is 0 Å². The van der Waals surface area contributed by atoms with Crippen molar-refractivity contribution in [2.75, 3.05) is 33.7 Å². The predicted octanol–water partition coefficient (Wildman–Crippen LogP) is 2.94. The third kappa shape index (κ3) is 5.31. The summed E-state index contributed by atoms with van der Waals surface area (Å²) in [5.74, 6) is 1.39. The predicted molar refractivity (Wildman–Crippen MR) is 107 cm³/mol. The molecule has 0 spiro atoms. The van der Waals surface area contributed by atoms with Crippen molar-refractivity contribution in [3.05, 3.63) is 35.6 Å². The summed E-state index contributed by atoms with van der Waals surface area (Å²) >= 11 is 0. The fourth-order valence-electron chi connectivity index (χ4n) is 3.40. The van der Waals surface area contributed by atoms with Gasteiger partial charge in [0.25, 0.3) is 0 Å². The Morgan fingerprint density at radius 2 is 2.17 bits per heavy atom. The number of hydrogen-bond donors (Lipinski definition) is 1. The Morgan fingerprint density at radius 3 is 2.83 bits per heavy atom. The smallest absolute Gasteiger partial charge is 0.193 e. The average molecular weight is 446 g/mol. The Hall–Kier alpha value is -0.890. The monoisotopic (exact) mass is 446 g/mol. The van der Waals surface area contributed by atoms with E-state index in [9.17, 15) is 4.39 Å². The summed E-state index contributed by atoms with van der Waals surface area (Å²) < 4.78 is 13.3. The molecule has 1 unspecified atom stereocenters. The highest BCUT2D eigenvalue weighted by Crippen LogP contribution is 2.31. The Kier molecular flexibility index (Phi) is 7.28. The van der Waals surface area contributed by atoms with E-state index in [4.69, 9.17) is 0 Å². The number of likely N-dealkylation sites (tertiary alicyclic amines) is 1. The Labute approximate surface area is 161 Å². The van der Waals surface area contributed by atoms with E-state index in [0.717, 1.165) is 24.1 Å². The molecule has 1 aromatic rings. The van der Waals surface area contributed by atoms with Crippen molar-refractivity contribution in [3.8, 4) is 0 Å². The average Bonchev–Trinajstić information content (AvgIpc) is 3.27. The van der Waals surface area contributed by atoms with E-state index in [0.29, 0.717) is 12.5 Å². The maximum absolute atomic E-state index is 13.3. The molecular weight excluding hydrogens is 418 g/mol. The normalized spacial score (nSPS) is 21.5. The zero-order valence-electron chi connectivity index (χ0n) is 14.5. The van der Waals surface area contributed by atoms with Crippen molar-refractivity contribution >= 4 is 29.9 Å². The molecule has 0 amide bonds. The molecule has 6 heteroatoms. The standard InChI is InChI=1S/C18H27FN4.HI/c1-20-18(22(2)12-14-4-3-5-16(19)10-14)21-11-15-8-9-23(13-15)17-6-7-17;/h3-5,10,15,17H,6-9,11-13H2,1-2H3,(H,20,21);1H. The first kappa shape index (κ1) is 19.4. The van der Waals surface area contributed by atoms with Gasteiger partial charge >= 0.3 is 0 Å². The number of hydrogen-bond acceptors (Lipinski definition) is 2. The van der Waals surface area contributed by atoms with Gasteiger partial charge in [-0.2, -0.15) is 0 Å². The Morgan fingerprint density at radius 1 is 1.38 bits per heavy atom. The molecular formula is C18H28FIN4. The van der Waals surface area contributed by atoms with Gasteiger partial charge in [0.2, 0.25) is 0 Å². The maximum atomic E-state index is 13.3. The zero-order chi connectivity index (χ0) is 16.2. The lowest BCUT2D eigenvalue weighted by atomic mass is 10.1. The molecule has 2 aliphatic rings. The number of guanidine groups is 1. The molecule has 1 atom stereocenters. The van der Waals surface area contributed by atoms with E-state index >= 15 is 0 Å². The van der Waals surface area contributed by atoms with Gasteiger partial charge in [-0.1, -0.05) is 12.1 Å². The lowest BCUT2D eigenvalue weighted by Gasteiger charge is -2.23. The molecule has 134 valence electrons. The van der Waals surface area contributed by atoms with Crippen LogP contribution in [-0.2, 0) is 6.54 Å². The summed E-state index contributed by atoms with van der Waals surface area (Å²) in [6.07, 6.45) is 4.05. The van der Waals surface area contributed by atoms with Crippen LogP contribution < -0.4 is 5.32 Å². The van der Waals surface area contributed by atoms with Crippen molar-refractivity contribution in [3.63, 3.8) is 0 Å². The Bertz CT molecular complexity index is 562. The summed E-state index contributed by atoms with van der Waals surface area (Å²) in [6, 6.07) is 7.61. The minimum Gasteiger partial charge on any atom is -0.356 e. The lowest BCUT2D eigenvalue weighted by molar-refractivity contribution is 0.313. The third-order valence-electron chi connectivity index (χ3n) is 4.81. The molecule has 1 saturated heterocycles. The van der Waals surface area contributed by atoms with Crippen molar-refractivity contribution in [1.29, 1.82) is 0 Å². The highest BCUT2D eigenvalue weighted by Gasteiger charge is 2.34. The van der Waals surface area contributed by atoms with Crippen molar-refractivity contribution in [2.24, 2.45) is 10.9 Å². The van der Waals surface area contributed by atoms with Crippen LogP contribution in [-0.4, -0.2) is 55.5 Å². The van der Waals surface area contributed by atoms with E-state index in [1.54, 1.807) is 19.2 Å². The molecule has 1 aliphatic carbocycles. The molecule has 1 aliphatic heterocycles. The van der Waals surface area contributed by atoms with Gasteiger partial charge in [-0.25, -0.2) is 4.39 Å². The molecule has 3 rings (SSSR count). The minimum absolute atomic E-state index is 0. The number of nitrogens with one attached hydrogen (secondary N) is 1. The van der Waals surface area contributed by atoms with E-state index in [1.807, 2.05) is 18.0 Å². The number of benzene rings is 1. The van der Waals surface area contributed by atoms with Gasteiger partial charge in [0.05, 0.1) is 0 Å². The largest absolute Gasteiger partial charge is 0.356 e. The van der Waals surface area contributed by atoms with Crippen LogP contribution in [0.5, 0.6) is 0 Å². The van der Waals surface area contributed by atoms with Crippen LogP contribution in [0.3, 0.4) is 0 Å². The van der Waals surface area contributed by atoms with Gasteiger partial charge < -0.3 is 15.1 Å². The van der Waals surface area contributed by atoms with Crippen molar-refractivity contribution in [1.82, 2.24) is 15.1 Å². The molecule has 24 heavy (non-hydrogen) atoms. The van der Waals surface area contributed by atoms with Crippen LogP contribution in [0, 0.1) is 11.7 Å². The van der Waals surface area contributed by atoms with Gasteiger partial charge in [0.15, 0.2) is 5.96 Å². The molecule has 1 saturated carbocycles. The third-order valence-corrected chi connectivity index (χ3v) is 4.81. The summed E-state index contributed by atoms with van der Waals surface area (Å²) in [6.45, 7) is 4.07. The van der Waals surface area contributed by atoms with Crippen LogP contribution in [0.4, 0.5) is 4.39 Å². The minimum atomic E-state index is -0.190. The first-order chi connectivity index (χ1) is 11.2. The molecule has 2 fully saturated rings. The molecule has 1 heterocycles. The summed E-state index contributed by atoms with van der Waals surface area (Å²) in [4.78, 5) is 9.03. The second kappa shape index (κ2) is 8.99.